The molecule has 0 amide bonds. The van der Waals surface area contributed by atoms with Gasteiger partial charge in [0, 0.05) is 24.9 Å². The molecule has 0 saturated carbocycles. The Bertz CT molecular complexity index is 655. The van der Waals surface area contributed by atoms with Crippen molar-refractivity contribution >= 4 is 5.96 Å². The fraction of sp³-hybridized carbons (Fsp3) is 0.368. The van der Waals surface area contributed by atoms with Gasteiger partial charge in [-0.25, -0.2) is 0 Å². The van der Waals surface area contributed by atoms with E-state index in [2.05, 4.69) is 32.3 Å². The number of likely N-dealkylation sites (N-methyl/N-ethyl adjacent to an activating group) is 1. The number of rotatable bonds is 8. The Labute approximate surface area is 149 Å². The predicted molar refractivity (Wildman–Crippen MR) is 102 cm³/mol. The third kappa shape index (κ3) is 6.08. The molecule has 6 nitrogen and oxygen atoms in total. The summed E-state index contributed by atoms with van der Waals surface area (Å²) in [6, 6.07) is 14.1. The number of aliphatic imine (C=N–C) groups is 1. The van der Waals surface area contributed by atoms with Gasteiger partial charge in [0.2, 0.25) is 0 Å². The molecule has 3 N–H and O–H groups in total. The van der Waals surface area contributed by atoms with Crippen LogP contribution in [0.5, 0.6) is 5.75 Å². The zero-order valence-corrected chi connectivity index (χ0v) is 15.1. The van der Waals surface area contributed by atoms with Crippen LogP contribution in [0.25, 0.3) is 0 Å². The lowest BCUT2D eigenvalue weighted by molar-refractivity contribution is 0.306. The second kappa shape index (κ2) is 9.64. The zero-order chi connectivity index (χ0) is 18.1. The molecule has 1 atom stereocenters. The van der Waals surface area contributed by atoms with E-state index in [1.54, 1.807) is 13.3 Å². The molecule has 2 aromatic rings. The first-order valence-electron chi connectivity index (χ1n) is 8.34. The van der Waals surface area contributed by atoms with Crippen molar-refractivity contribution in [2.24, 2.45) is 10.7 Å². The fourth-order valence-corrected chi connectivity index (χ4v) is 2.50. The van der Waals surface area contributed by atoms with Crippen LogP contribution in [0.2, 0.25) is 0 Å². The smallest absolute Gasteiger partial charge is 0.188 e. The first-order chi connectivity index (χ1) is 12.1. The second-order valence-electron chi connectivity index (χ2n) is 5.98. The number of ether oxygens (including phenoxy) is 1. The van der Waals surface area contributed by atoms with Crippen molar-refractivity contribution in [1.29, 1.82) is 0 Å². The average molecular weight is 341 g/mol. The molecule has 1 aromatic heterocycles. The monoisotopic (exact) mass is 341 g/mol. The number of nitrogens with one attached hydrogen (secondary N) is 1. The van der Waals surface area contributed by atoms with Crippen molar-refractivity contribution < 1.29 is 4.74 Å². The standard InChI is InChI=1S/C19H27N5O/c1-24(2)18(15-7-9-17(25-3)10-8-15)14-23-19(20)22-13-11-16-6-4-5-12-21-16/h4-10,12,18H,11,13-14H2,1-3H3,(H3,20,22,23). The Hall–Kier alpha value is -2.60. The van der Waals surface area contributed by atoms with Gasteiger partial charge in [0.1, 0.15) is 5.75 Å². The van der Waals surface area contributed by atoms with Gasteiger partial charge in [-0.3, -0.25) is 9.98 Å². The number of guanidine groups is 1. The number of nitrogens with zero attached hydrogens (tertiary/aromatic N) is 3. The normalized spacial score (nSPS) is 12.9. The second-order valence-corrected chi connectivity index (χ2v) is 5.98. The highest BCUT2D eigenvalue weighted by molar-refractivity contribution is 5.77. The van der Waals surface area contributed by atoms with Gasteiger partial charge in [-0.05, 0) is 43.9 Å². The SMILES string of the molecule is COc1ccc(C(CN=C(N)NCCc2ccccn2)N(C)C)cc1. The van der Waals surface area contributed by atoms with Crippen molar-refractivity contribution in [3.05, 3.63) is 59.9 Å². The van der Waals surface area contributed by atoms with E-state index in [0.29, 0.717) is 19.0 Å². The molecule has 6 heteroatoms. The third-order valence-electron chi connectivity index (χ3n) is 3.97. The summed E-state index contributed by atoms with van der Waals surface area (Å²) in [5, 5.41) is 3.14. The molecule has 134 valence electrons. The Morgan fingerprint density at radius 2 is 2.00 bits per heavy atom. The van der Waals surface area contributed by atoms with Crippen LogP contribution >= 0.6 is 0 Å². The summed E-state index contributed by atoms with van der Waals surface area (Å²) in [5.41, 5.74) is 8.20. The van der Waals surface area contributed by atoms with Crippen LogP contribution in [0.3, 0.4) is 0 Å². The molecule has 1 aromatic carbocycles. The molecule has 0 saturated heterocycles. The lowest BCUT2D eigenvalue weighted by atomic mass is 10.1. The van der Waals surface area contributed by atoms with Crippen LogP contribution < -0.4 is 15.8 Å². The first kappa shape index (κ1) is 18.7. The minimum absolute atomic E-state index is 0.155. The van der Waals surface area contributed by atoms with E-state index in [1.165, 1.54) is 5.56 Å². The number of methoxy groups -OCH3 is 1. The highest BCUT2D eigenvalue weighted by Crippen LogP contribution is 2.21. The van der Waals surface area contributed by atoms with E-state index >= 15 is 0 Å². The third-order valence-corrected chi connectivity index (χ3v) is 3.97. The van der Waals surface area contributed by atoms with E-state index in [9.17, 15) is 0 Å². The lowest BCUT2D eigenvalue weighted by Gasteiger charge is -2.23. The van der Waals surface area contributed by atoms with Gasteiger partial charge < -0.3 is 20.7 Å². The zero-order valence-electron chi connectivity index (χ0n) is 15.1. The Balaban J connectivity index is 1.88. The molecule has 0 radical (unpaired) electrons. The highest BCUT2D eigenvalue weighted by Gasteiger charge is 2.13. The minimum atomic E-state index is 0.155. The van der Waals surface area contributed by atoms with Crippen LogP contribution in [0.4, 0.5) is 0 Å². The molecule has 1 heterocycles. The van der Waals surface area contributed by atoms with Crippen LogP contribution in [0, 0.1) is 0 Å². The molecular weight excluding hydrogens is 314 g/mol. The molecule has 0 aliphatic rings. The molecule has 0 aliphatic heterocycles. The van der Waals surface area contributed by atoms with Crippen LogP contribution in [-0.2, 0) is 6.42 Å². The number of aromatic nitrogens is 1. The van der Waals surface area contributed by atoms with Crippen molar-refractivity contribution in [2.45, 2.75) is 12.5 Å². The van der Waals surface area contributed by atoms with Gasteiger partial charge in [0.15, 0.2) is 5.96 Å². The van der Waals surface area contributed by atoms with Gasteiger partial charge in [0.25, 0.3) is 0 Å². The number of benzene rings is 1. The average Bonchev–Trinajstić information content (AvgIpc) is 2.63. The Morgan fingerprint density at radius 1 is 1.24 bits per heavy atom. The maximum absolute atomic E-state index is 5.99. The molecule has 1 unspecified atom stereocenters. The maximum atomic E-state index is 5.99. The molecule has 2 rings (SSSR count). The summed E-state index contributed by atoms with van der Waals surface area (Å²) in [7, 11) is 5.74. The maximum Gasteiger partial charge on any atom is 0.188 e. The largest absolute Gasteiger partial charge is 0.497 e. The van der Waals surface area contributed by atoms with E-state index in [0.717, 1.165) is 17.9 Å². The van der Waals surface area contributed by atoms with Gasteiger partial charge in [-0.2, -0.15) is 0 Å². The summed E-state index contributed by atoms with van der Waals surface area (Å²) in [5.74, 6) is 1.30. The number of pyridine rings is 1. The molecule has 0 aliphatic carbocycles. The molecule has 0 bridgehead atoms. The molecular formula is C19H27N5O. The van der Waals surface area contributed by atoms with E-state index in [-0.39, 0.29) is 6.04 Å². The van der Waals surface area contributed by atoms with E-state index in [1.807, 2.05) is 44.4 Å². The van der Waals surface area contributed by atoms with Gasteiger partial charge in [-0.15, -0.1) is 0 Å². The number of hydrogen-bond donors (Lipinski definition) is 2. The van der Waals surface area contributed by atoms with Crippen LogP contribution in [0.1, 0.15) is 17.3 Å². The van der Waals surface area contributed by atoms with Crippen molar-refractivity contribution in [3.8, 4) is 5.75 Å². The number of hydrogen-bond acceptors (Lipinski definition) is 4. The fourth-order valence-electron chi connectivity index (χ4n) is 2.50. The lowest BCUT2D eigenvalue weighted by Crippen LogP contribution is -2.34. The number of nitrogens with two attached hydrogens (primary N) is 1. The summed E-state index contributed by atoms with van der Waals surface area (Å²) in [6.45, 7) is 1.29. The van der Waals surface area contributed by atoms with Gasteiger partial charge in [0.05, 0.1) is 19.7 Å². The summed E-state index contributed by atoms with van der Waals surface area (Å²) in [6.07, 6.45) is 2.61. The van der Waals surface area contributed by atoms with Crippen LogP contribution in [0.15, 0.2) is 53.7 Å². The van der Waals surface area contributed by atoms with E-state index in [4.69, 9.17) is 10.5 Å². The Kier molecular flexibility index (Phi) is 7.22. The predicted octanol–water partition coefficient (Wildman–Crippen LogP) is 1.84. The quantitative estimate of drug-likeness (QED) is 0.566. The molecule has 0 spiro atoms. The Morgan fingerprint density at radius 3 is 2.60 bits per heavy atom. The van der Waals surface area contributed by atoms with Crippen molar-refractivity contribution in [1.82, 2.24) is 15.2 Å². The van der Waals surface area contributed by atoms with Gasteiger partial charge in [-0.1, -0.05) is 18.2 Å². The van der Waals surface area contributed by atoms with Crippen molar-refractivity contribution in [2.75, 3.05) is 34.3 Å². The minimum Gasteiger partial charge on any atom is -0.497 e. The van der Waals surface area contributed by atoms with E-state index < -0.39 is 0 Å². The topological polar surface area (TPSA) is 75.8 Å². The summed E-state index contributed by atoms with van der Waals surface area (Å²) in [4.78, 5) is 10.9. The van der Waals surface area contributed by atoms with Gasteiger partial charge >= 0.3 is 0 Å². The first-order valence-corrected chi connectivity index (χ1v) is 8.34. The van der Waals surface area contributed by atoms with Crippen molar-refractivity contribution in [3.63, 3.8) is 0 Å². The molecule has 0 fully saturated rings. The summed E-state index contributed by atoms with van der Waals surface area (Å²) < 4.78 is 5.21. The molecule has 25 heavy (non-hydrogen) atoms. The van der Waals surface area contributed by atoms with Crippen LogP contribution in [-0.4, -0.2) is 50.1 Å². The summed E-state index contributed by atoms with van der Waals surface area (Å²) >= 11 is 0. The highest BCUT2D eigenvalue weighted by atomic mass is 16.5.